The molecule has 0 saturated heterocycles. The van der Waals surface area contributed by atoms with Crippen LogP contribution in [0.15, 0.2) is 30.5 Å². The van der Waals surface area contributed by atoms with Gasteiger partial charge in [0, 0.05) is 12.7 Å². The Kier molecular flexibility index (Phi) is 3.65. The molecule has 0 bridgehead atoms. The highest BCUT2D eigenvalue weighted by Gasteiger charge is 2.12. The molecule has 0 atom stereocenters. The van der Waals surface area contributed by atoms with E-state index in [4.69, 9.17) is 21.1 Å². The number of ether oxygens (including phenoxy) is 2. The number of anilines is 1. The van der Waals surface area contributed by atoms with Gasteiger partial charge in [-0.25, -0.2) is 4.98 Å². The van der Waals surface area contributed by atoms with Gasteiger partial charge in [-0.3, -0.25) is 0 Å². The Labute approximate surface area is 122 Å². The van der Waals surface area contributed by atoms with Crippen LogP contribution in [0.1, 0.15) is 11.1 Å². The van der Waals surface area contributed by atoms with Crippen LogP contribution >= 0.6 is 11.6 Å². The van der Waals surface area contributed by atoms with Crippen molar-refractivity contribution in [1.29, 1.82) is 0 Å². The van der Waals surface area contributed by atoms with E-state index in [1.54, 1.807) is 6.20 Å². The normalized spacial score (nSPS) is 13.1. The van der Waals surface area contributed by atoms with Gasteiger partial charge >= 0.3 is 0 Å². The number of rotatable bonds is 3. The first-order chi connectivity index (χ1) is 9.74. The standard InChI is InChI=1S/C15H15ClN2O2/c1-10-4-5-17-15(16)14(10)18-9-11-2-3-12-13(8-11)20-7-6-19-12/h2-5,8,18H,6-7,9H2,1H3. The maximum atomic E-state index is 6.09. The van der Waals surface area contributed by atoms with Crippen molar-refractivity contribution in [3.05, 3.63) is 46.7 Å². The molecule has 0 spiro atoms. The summed E-state index contributed by atoms with van der Waals surface area (Å²) < 4.78 is 11.1. The molecule has 0 unspecified atom stereocenters. The van der Waals surface area contributed by atoms with Gasteiger partial charge in [-0.05, 0) is 36.2 Å². The van der Waals surface area contributed by atoms with Crippen LogP contribution in [0.5, 0.6) is 11.5 Å². The lowest BCUT2D eigenvalue weighted by atomic mass is 10.2. The van der Waals surface area contributed by atoms with Crippen molar-refractivity contribution in [1.82, 2.24) is 4.98 Å². The predicted octanol–water partition coefficient (Wildman–Crippen LogP) is 3.43. The number of fused-ring (bicyclic) bond motifs is 1. The van der Waals surface area contributed by atoms with Crippen LogP contribution in [0.2, 0.25) is 5.15 Å². The van der Waals surface area contributed by atoms with Gasteiger partial charge in [-0.2, -0.15) is 0 Å². The Balaban J connectivity index is 1.75. The molecule has 1 aliphatic heterocycles. The number of nitrogens with zero attached hydrogens (tertiary/aromatic N) is 1. The molecule has 2 heterocycles. The van der Waals surface area contributed by atoms with Crippen molar-refractivity contribution < 1.29 is 9.47 Å². The van der Waals surface area contributed by atoms with E-state index in [1.807, 2.05) is 31.2 Å². The number of aromatic nitrogens is 1. The van der Waals surface area contributed by atoms with Gasteiger partial charge < -0.3 is 14.8 Å². The number of halogens is 1. The highest BCUT2D eigenvalue weighted by Crippen LogP contribution is 2.31. The highest BCUT2D eigenvalue weighted by atomic mass is 35.5. The zero-order valence-corrected chi connectivity index (χ0v) is 11.9. The number of pyridine rings is 1. The summed E-state index contributed by atoms with van der Waals surface area (Å²) >= 11 is 6.09. The van der Waals surface area contributed by atoms with Crippen LogP contribution < -0.4 is 14.8 Å². The van der Waals surface area contributed by atoms with Crippen molar-refractivity contribution in [3.8, 4) is 11.5 Å². The molecular weight excluding hydrogens is 276 g/mol. The molecule has 0 saturated carbocycles. The van der Waals surface area contributed by atoms with Gasteiger partial charge in [0.05, 0.1) is 5.69 Å². The van der Waals surface area contributed by atoms with Gasteiger partial charge in [0.1, 0.15) is 13.2 Å². The Bertz CT molecular complexity index is 611. The zero-order chi connectivity index (χ0) is 13.9. The minimum absolute atomic E-state index is 0.488. The first-order valence-corrected chi connectivity index (χ1v) is 6.85. The molecule has 4 nitrogen and oxygen atoms in total. The first kappa shape index (κ1) is 13.1. The Hall–Kier alpha value is -1.94. The van der Waals surface area contributed by atoms with E-state index in [0.29, 0.717) is 24.9 Å². The number of nitrogens with one attached hydrogen (secondary N) is 1. The second kappa shape index (κ2) is 5.59. The van der Waals surface area contributed by atoms with Crippen LogP contribution in [0.25, 0.3) is 0 Å². The molecule has 0 fully saturated rings. The molecule has 20 heavy (non-hydrogen) atoms. The van der Waals surface area contributed by atoms with Crippen molar-refractivity contribution in [2.45, 2.75) is 13.5 Å². The molecule has 1 aromatic carbocycles. The fourth-order valence-corrected chi connectivity index (χ4v) is 2.40. The summed E-state index contributed by atoms with van der Waals surface area (Å²) in [5, 5.41) is 3.80. The van der Waals surface area contributed by atoms with Gasteiger partial charge in [0.25, 0.3) is 0 Å². The number of benzene rings is 1. The minimum atomic E-state index is 0.488. The molecule has 2 aromatic rings. The molecule has 5 heteroatoms. The molecule has 1 N–H and O–H groups in total. The predicted molar refractivity (Wildman–Crippen MR) is 78.7 cm³/mol. The van der Waals surface area contributed by atoms with Gasteiger partial charge in [0.15, 0.2) is 16.7 Å². The summed E-state index contributed by atoms with van der Waals surface area (Å²) in [6.07, 6.45) is 1.70. The topological polar surface area (TPSA) is 43.4 Å². The third-order valence-electron chi connectivity index (χ3n) is 3.19. The average Bonchev–Trinajstić information content (AvgIpc) is 2.46. The fourth-order valence-electron chi connectivity index (χ4n) is 2.13. The quantitative estimate of drug-likeness (QED) is 0.880. The summed E-state index contributed by atoms with van der Waals surface area (Å²) in [7, 11) is 0. The maximum Gasteiger partial charge on any atom is 0.161 e. The lowest BCUT2D eigenvalue weighted by Crippen LogP contribution is -2.15. The Morgan fingerprint density at radius 3 is 2.80 bits per heavy atom. The van der Waals surface area contributed by atoms with Gasteiger partial charge in [-0.15, -0.1) is 0 Å². The van der Waals surface area contributed by atoms with E-state index in [9.17, 15) is 0 Å². The molecule has 0 aliphatic carbocycles. The summed E-state index contributed by atoms with van der Waals surface area (Å²) in [5.74, 6) is 1.60. The fraction of sp³-hybridized carbons (Fsp3) is 0.267. The third-order valence-corrected chi connectivity index (χ3v) is 3.48. The zero-order valence-electron chi connectivity index (χ0n) is 11.1. The van der Waals surface area contributed by atoms with Crippen LogP contribution in [-0.2, 0) is 6.54 Å². The molecule has 0 radical (unpaired) electrons. The van der Waals surface area contributed by atoms with Crippen molar-refractivity contribution in [2.24, 2.45) is 0 Å². The summed E-state index contributed by atoms with van der Waals surface area (Å²) in [5.41, 5.74) is 3.04. The van der Waals surface area contributed by atoms with Crippen LogP contribution in [0, 0.1) is 6.92 Å². The molecule has 0 amide bonds. The minimum Gasteiger partial charge on any atom is -0.486 e. The SMILES string of the molecule is Cc1ccnc(Cl)c1NCc1ccc2c(c1)OCCO2. The Morgan fingerprint density at radius 1 is 1.20 bits per heavy atom. The van der Waals surface area contributed by atoms with Crippen molar-refractivity contribution >= 4 is 17.3 Å². The summed E-state index contributed by atoms with van der Waals surface area (Å²) in [6.45, 7) is 3.86. The first-order valence-electron chi connectivity index (χ1n) is 6.47. The summed E-state index contributed by atoms with van der Waals surface area (Å²) in [6, 6.07) is 7.86. The van der Waals surface area contributed by atoms with Crippen LogP contribution in [0.3, 0.4) is 0 Å². The third kappa shape index (κ3) is 2.65. The van der Waals surface area contributed by atoms with E-state index >= 15 is 0 Å². The monoisotopic (exact) mass is 290 g/mol. The van der Waals surface area contributed by atoms with Crippen molar-refractivity contribution in [2.75, 3.05) is 18.5 Å². The largest absolute Gasteiger partial charge is 0.486 e. The highest BCUT2D eigenvalue weighted by molar-refractivity contribution is 6.32. The van der Waals surface area contributed by atoms with E-state index in [0.717, 1.165) is 28.3 Å². The molecular formula is C15H15ClN2O2. The molecule has 104 valence electrons. The van der Waals surface area contributed by atoms with E-state index < -0.39 is 0 Å². The van der Waals surface area contributed by atoms with Crippen molar-refractivity contribution in [3.63, 3.8) is 0 Å². The molecule has 1 aliphatic rings. The lowest BCUT2D eigenvalue weighted by Gasteiger charge is -2.19. The molecule has 3 rings (SSSR count). The van der Waals surface area contributed by atoms with E-state index in [1.165, 1.54) is 0 Å². The smallest absolute Gasteiger partial charge is 0.161 e. The number of hydrogen-bond donors (Lipinski definition) is 1. The lowest BCUT2D eigenvalue weighted by molar-refractivity contribution is 0.171. The van der Waals surface area contributed by atoms with Gasteiger partial charge in [-0.1, -0.05) is 17.7 Å². The van der Waals surface area contributed by atoms with Crippen LogP contribution in [0.4, 0.5) is 5.69 Å². The van der Waals surface area contributed by atoms with Crippen LogP contribution in [-0.4, -0.2) is 18.2 Å². The number of hydrogen-bond acceptors (Lipinski definition) is 4. The number of aryl methyl sites for hydroxylation is 1. The van der Waals surface area contributed by atoms with E-state index in [-0.39, 0.29) is 0 Å². The second-order valence-corrected chi connectivity index (χ2v) is 4.98. The second-order valence-electron chi connectivity index (χ2n) is 4.63. The maximum absolute atomic E-state index is 6.09. The average molecular weight is 291 g/mol. The Morgan fingerprint density at radius 2 is 2.00 bits per heavy atom. The van der Waals surface area contributed by atoms with Gasteiger partial charge in [0.2, 0.25) is 0 Å². The molecule has 1 aromatic heterocycles. The van der Waals surface area contributed by atoms with E-state index in [2.05, 4.69) is 10.3 Å². The summed E-state index contributed by atoms with van der Waals surface area (Å²) in [4.78, 5) is 4.08.